The first-order valence-electron chi connectivity index (χ1n) is 10.5. The van der Waals surface area contributed by atoms with Gasteiger partial charge < -0.3 is 14.2 Å². The van der Waals surface area contributed by atoms with Crippen LogP contribution in [-0.2, 0) is 30.7 Å². The van der Waals surface area contributed by atoms with Crippen molar-refractivity contribution < 1.29 is 27.4 Å². The monoisotopic (exact) mass is 475 g/mol. The van der Waals surface area contributed by atoms with Gasteiger partial charge in [-0.15, -0.1) is 5.10 Å². The highest BCUT2D eigenvalue weighted by atomic mass is 32.2. The average Bonchev–Trinajstić information content (AvgIpc) is 3.20. The van der Waals surface area contributed by atoms with Crippen LogP contribution in [0.3, 0.4) is 0 Å². The summed E-state index contributed by atoms with van der Waals surface area (Å²) in [6, 6.07) is 8.03. The largest absolute Gasteiger partial charge is 0.490 e. The van der Waals surface area contributed by atoms with Crippen LogP contribution in [0.1, 0.15) is 17.2 Å². The van der Waals surface area contributed by atoms with Crippen molar-refractivity contribution in [1.29, 1.82) is 0 Å². The summed E-state index contributed by atoms with van der Waals surface area (Å²) in [5.41, 5.74) is 1.70. The van der Waals surface area contributed by atoms with Crippen LogP contribution in [0.4, 0.5) is 0 Å². The molecule has 0 aliphatic carbocycles. The second-order valence-corrected chi connectivity index (χ2v) is 9.45. The highest BCUT2D eigenvalue weighted by molar-refractivity contribution is 7.89. The predicted octanol–water partition coefficient (Wildman–Crippen LogP) is 0.927. The third-order valence-corrected chi connectivity index (χ3v) is 6.92. The fourth-order valence-electron chi connectivity index (χ4n) is 3.42. The number of carbonyl (C=O) groups excluding carboxylic acids is 1. The molecular formula is C21H25N5O6S. The van der Waals surface area contributed by atoms with Crippen molar-refractivity contribution >= 4 is 21.8 Å². The van der Waals surface area contributed by atoms with Gasteiger partial charge in [0, 0.05) is 24.5 Å². The number of carbonyl (C=O) groups is 1. The number of hydrogen-bond donors (Lipinski definition) is 0. The fraction of sp³-hybridized carbons (Fsp3) is 0.429. The Kier molecular flexibility index (Phi) is 6.86. The Hall–Kier alpha value is -3.09. The van der Waals surface area contributed by atoms with Crippen LogP contribution in [0, 0.1) is 13.8 Å². The minimum absolute atomic E-state index is 0.0381. The molecule has 12 heteroatoms. The van der Waals surface area contributed by atoms with E-state index in [1.165, 1.54) is 16.4 Å². The molecule has 0 spiro atoms. The minimum atomic E-state index is -3.55. The summed E-state index contributed by atoms with van der Waals surface area (Å²) in [6.45, 7) is 5.38. The first-order chi connectivity index (χ1) is 15.8. The molecule has 11 nitrogen and oxygen atoms in total. The van der Waals surface area contributed by atoms with E-state index in [1.54, 1.807) is 16.6 Å². The fourth-order valence-corrected chi connectivity index (χ4v) is 4.83. The van der Waals surface area contributed by atoms with Crippen LogP contribution in [0.5, 0.6) is 5.75 Å². The first-order valence-corrected chi connectivity index (χ1v) is 11.9. The molecule has 4 rings (SSSR count). The zero-order valence-corrected chi connectivity index (χ0v) is 19.2. The van der Waals surface area contributed by atoms with Crippen LogP contribution >= 0.6 is 0 Å². The van der Waals surface area contributed by atoms with Crippen LogP contribution in [0.15, 0.2) is 35.2 Å². The molecule has 0 amide bonds. The molecule has 1 fully saturated rings. The summed E-state index contributed by atoms with van der Waals surface area (Å²) in [4.78, 5) is 20.8. The predicted molar refractivity (Wildman–Crippen MR) is 116 cm³/mol. The molecular weight excluding hydrogens is 450 g/mol. The summed E-state index contributed by atoms with van der Waals surface area (Å²) in [5.74, 6) is 0.777. The normalized spacial score (nSPS) is 15.0. The van der Waals surface area contributed by atoms with Crippen LogP contribution < -0.4 is 4.74 Å². The van der Waals surface area contributed by atoms with Gasteiger partial charge in [-0.05, 0) is 44.2 Å². The number of benzene rings is 1. The Labute approximate surface area is 191 Å². The van der Waals surface area contributed by atoms with E-state index < -0.39 is 16.0 Å². The summed E-state index contributed by atoms with van der Waals surface area (Å²) in [5, 5.41) is 4.28. The van der Waals surface area contributed by atoms with E-state index in [-0.39, 0.29) is 24.5 Å². The van der Waals surface area contributed by atoms with Gasteiger partial charge in [-0.3, -0.25) is 4.79 Å². The summed E-state index contributed by atoms with van der Waals surface area (Å²) < 4.78 is 44.2. The summed E-state index contributed by atoms with van der Waals surface area (Å²) in [7, 11) is -3.55. The summed E-state index contributed by atoms with van der Waals surface area (Å²) >= 11 is 0. The Morgan fingerprint density at radius 2 is 1.82 bits per heavy atom. The second-order valence-electron chi connectivity index (χ2n) is 7.51. The van der Waals surface area contributed by atoms with Crippen molar-refractivity contribution in [3.05, 3.63) is 47.5 Å². The number of ether oxygens (including phenoxy) is 3. The number of morpholine rings is 1. The zero-order chi connectivity index (χ0) is 23.4. The molecule has 3 aromatic rings. The second kappa shape index (κ2) is 9.81. The Bertz CT molecular complexity index is 1240. The van der Waals surface area contributed by atoms with Gasteiger partial charge in [-0.1, -0.05) is 0 Å². The number of rotatable bonds is 8. The van der Waals surface area contributed by atoms with Crippen molar-refractivity contribution in [1.82, 2.24) is 23.9 Å². The molecule has 0 N–H and O–H groups in total. The summed E-state index contributed by atoms with van der Waals surface area (Å²) in [6.07, 6.45) is -0.0735. The van der Waals surface area contributed by atoms with E-state index in [2.05, 4.69) is 15.1 Å². The number of sulfonamides is 1. The number of nitrogens with zero attached hydrogens (tertiary/aromatic N) is 5. The van der Waals surface area contributed by atoms with E-state index in [9.17, 15) is 13.2 Å². The highest BCUT2D eigenvalue weighted by Crippen LogP contribution is 2.20. The lowest BCUT2D eigenvalue weighted by Crippen LogP contribution is -2.40. The average molecular weight is 476 g/mol. The van der Waals surface area contributed by atoms with Crippen LogP contribution in [0.2, 0.25) is 0 Å². The van der Waals surface area contributed by atoms with Crippen molar-refractivity contribution in [2.24, 2.45) is 0 Å². The molecule has 0 unspecified atom stereocenters. The Morgan fingerprint density at radius 3 is 2.55 bits per heavy atom. The molecule has 1 saturated heterocycles. The van der Waals surface area contributed by atoms with Gasteiger partial charge in [0.2, 0.25) is 10.0 Å². The maximum Gasteiger partial charge on any atom is 0.313 e. The molecule has 0 atom stereocenters. The topological polar surface area (TPSA) is 125 Å². The number of hydrogen-bond acceptors (Lipinski definition) is 9. The molecule has 176 valence electrons. The Morgan fingerprint density at radius 1 is 1.09 bits per heavy atom. The molecule has 3 heterocycles. The van der Waals surface area contributed by atoms with E-state index in [1.807, 2.05) is 19.9 Å². The molecule has 33 heavy (non-hydrogen) atoms. The number of fused-ring (bicyclic) bond motifs is 1. The number of aryl methyl sites for hydroxylation is 2. The van der Waals surface area contributed by atoms with Gasteiger partial charge in [-0.25, -0.2) is 17.9 Å². The van der Waals surface area contributed by atoms with Gasteiger partial charge in [-0.2, -0.15) is 9.29 Å². The Balaban J connectivity index is 1.24. The number of esters is 1. The van der Waals surface area contributed by atoms with Crippen LogP contribution in [-0.4, -0.2) is 77.8 Å². The molecule has 0 saturated carbocycles. The highest BCUT2D eigenvalue weighted by Gasteiger charge is 2.26. The van der Waals surface area contributed by atoms with Crippen molar-refractivity contribution in [2.45, 2.75) is 25.2 Å². The van der Waals surface area contributed by atoms with Gasteiger partial charge >= 0.3 is 5.97 Å². The van der Waals surface area contributed by atoms with E-state index in [0.29, 0.717) is 43.7 Å². The SMILES string of the molecule is Cc1cc(C)n2nc(CC(=O)OCCOc3ccc(S(=O)(=O)N4CCOCC4)cc3)nc2n1. The van der Waals surface area contributed by atoms with Gasteiger partial charge in [0.05, 0.1) is 18.1 Å². The van der Waals surface area contributed by atoms with Gasteiger partial charge in [0.15, 0.2) is 5.82 Å². The lowest BCUT2D eigenvalue weighted by Gasteiger charge is -2.26. The molecule has 2 aromatic heterocycles. The van der Waals surface area contributed by atoms with Gasteiger partial charge in [0.25, 0.3) is 5.78 Å². The standard InChI is InChI=1S/C21H25N5O6S/c1-15-13-16(2)26-21(22-15)23-19(24-26)14-20(27)32-12-11-31-17-3-5-18(6-4-17)33(28,29)25-7-9-30-10-8-25/h3-6,13H,7-12,14H2,1-2H3. The van der Waals surface area contributed by atoms with E-state index in [0.717, 1.165) is 11.4 Å². The smallest absolute Gasteiger partial charge is 0.313 e. The maximum absolute atomic E-state index is 12.6. The zero-order valence-electron chi connectivity index (χ0n) is 18.4. The third-order valence-electron chi connectivity index (χ3n) is 5.01. The quantitative estimate of drug-likeness (QED) is 0.345. The first kappa shape index (κ1) is 23.1. The molecule has 0 bridgehead atoms. The molecule has 1 aliphatic rings. The number of aromatic nitrogens is 4. The van der Waals surface area contributed by atoms with E-state index in [4.69, 9.17) is 14.2 Å². The molecule has 1 aliphatic heterocycles. The lowest BCUT2D eigenvalue weighted by atomic mass is 10.3. The lowest BCUT2D eigenvalue weighted by molar-refractivity contribution is -0.143. The van der Waals surface area contributed by atoms with Crippen molar-refractivity contribution in [3.8, 4) is 5.75 Å². The van der Waals surface area contributed by atoms with Crippen LogP contribution in [0.25, 0.3) is 5.78 Å². The minimum Gasteiger partial charge on any atom is -0.490 e. The van der Waals surface area contributed by atoms with Gasteiger partial charge in [0.1, 0.15) is 25.4 Å². The third kappa shape index (κ3) is 5.46. The molecule has 0 radical (unpaired) electrons. The maximum atomic E-state index is 12.6. The van der Waals surface area contributed by atoms with E-state index >= 15 is 0 Å². The van der Waals surface area contributed by atoms with Crippen molar-refractivity contribution in [2.75, 3.05) is 39.5 Å². The van der Waals surface area contributed by atoms with Crippen molar-refractivity contribution in [3.63, 3.8) is 0 Å². The molecule has 1 aromatic carbocycles.